The first kappa shape index (κ1) is 14.6. The fraction of sp³-hybridized carbons (Fsp3) is 0.500. The van der Waals surface area contributed by atoms with Crippen LogP contribution in [0.25, 0.3) is 0 Å². The summed E-state index contributed by atoms with van der Waals surface area (Å²) in [6.45, 7) is 2.98. The summed E-state index contributed by atoms with van der Waals surface area (Å²) in [7, 11) is 1.68. The van der Waals surface area contributed by atoms with Crippen molar-refractivity contribution < 1.29 is 4.74 Å². The second-order valence-corrected chi connectivity index (χ2v) is 5.07. The zero-order chi connectivity index (χ0) is 14.2. The molecule has 0 aliphatic carbocycles. The smallest absolute Gasteiger partial charge is 0.118 e. The molecule has 1 heterocycles. The van der Waals surface area contributed by atoms with E-state index in [-0.39, 0.29) is 0 Å². The lowest BCUT2D eigenvalue weighted by Crippen LogP contribution is -2.00. The quantitative estimate of drug-likeness (QED) is 0.691. The Hall–Kier alpha value is -1.84. The Morgan fingerprint density at radius 2 is 1.90 bits per heavy atom. The van der Waals surface area contributed by atoms with Gasteiger partial charge in [-0.3, -0.25) is 0 Å². The highest BCUT2D eigenvalue weighted by atomic mass is 16.5. The summed E-state index contributed by atoms with van der Waals surface area (Å²) in [5, 5.41) is 8.42. The van der Waals surface area contributed by atoms with Crippen LogP contribution in [0, 0.1) is 0 Å². The third-order valence-electron chi connectivity index (χ3n) is 3.38. The van der Waals surface area contributed by atoms with Gasteiger partial charge in [-0.05, 0) is 30.5 Å². The molecule has 0 unspecified atom stereocenters. The van der Waals surface area contributed by atoms with Gasteiger partial charge in [0.2, 0.25) is 0 Å². The number of benzene rings is 1. The van der Waals surface area contributed by atoms with Gasteiger partial charge in [-0.15, -0.1) is 5.10 Å². The topological polar surface area (TPSA) is 39.9 Å². The number of ether oxygens (including phenoxy) is 1. The molecule has 1 aromatic carbocycles. The van der Waals surface area contributed by atoms with Gasteiger partial charge < -0.3 is 4.74 Å². The fourth-order valence-corrected chi connectivity index (χ4v) is 2.18. The minimum atomic E-state index is 0.756. The Morgan fingerprint density at radius 1 is 1.10 bits per heavy atom. The van der Waals surface area contributed by atoms with Crippen molar-refractivity contribution in [3.63, 3.8) is 0 Å². The van der Waals surface area contributed by atoms with Crippen LogP contribution in [0.4, 0.5) is 0 Å². The van der Waals surface area contributed by atoms with Gasteiger partial charge in [-0.2, -0.15) is 0 Å². The molecule has 2 rings (SSSR count). The van der Waals surface area contributed by atoms with Crippen LogP contribution in [0.1, 0.15) is 43.9 Å². The molecule has 0 atom stereocenters. The largest absolute Gasteiger partial charge is 0.497 e. The number of nitrogens with zero attached hydrogens (tertiary/aromatic N) is 3. The Morgan fingerprint density at radius 3 is 2.60 bits per heavy atom. The van der Waals surface area contributed by atoms with Gasteiger partial charge in [0, 0.05) is 6.20 Å². The van der Waals surface area contributed by atoms with Gasteiger partial charge in [0.1, 0.15) is 5.75 Å². The van der Waals surface area contributed by atoms with Gasteiger partial charge in [-0.25, -0.2) is 4.68 Å². The van der Waals surface area contributed by atoms with E-state index in [4.69, 9.17) is 4.74 Å². The second-order valence-electron chi connectivity index (χ2n) is 5.07. The van der Waals surface area contributed by atoms with Gasteiger partial charge >= 0.3 is 0 Å². The zero-order valence-electron chi connectivity index (χ0n) is 12.4. The molecule has 0 saturated heterocycles. The van der Waals surface area contributed by atoms with Crippen molar-refractivity contribution in [2.24, 2.45) is 0 Å². The SMILES string of the molecule is CCCCCCc1cn(Cc2ccc(OC)cc2)nn1. The highest BCUT2D eigenvalue weighted by molar-refractivity contribution is 5.27. The van der Waals surface area contributed by atoms with E-state index in [0.29, 0.717) is 0 Å². The molecule has 0 aliphatic heterocycles. The van der Waals surface area contributed by atoms with E-state index >= 15 is 0 Å². The maximum Gasteiger partial charge on any atom is 0.118 e. The van der Waals surface area contributed by atoms with Gasteiger partial charge in [-0.1, -0.05) is 43.5 Å². The highest BCUT2D eigenvalue weighted by Crippen LogP contribution is 2.12. The van der Waals surface area contributed by atoms with Crippen LogP contribution in [0.15, 0.2) is 30.5 Å². The molecule has 0 amide bonds. The third-order valence-corrected chi connectivity index (χ3v) is 3.38. The molecule has 2 aromatic rings. The molecule has 4 nitrogen and oxygen atoms in total. The summed E-state index contributed by atoms with van der Waals surface area (Å²) < 4.78 is 7.05. The third kappa shape index (κ3) is 4.37. The van der Waals surface area contributed by atoms with E-state index in [1.165, 1.54) is 31.2 Å². The molecule has 0 saturated carbocycles. The predicted octanol–water partition coefficient (Wildman–Crippen LogP) is 3.46. The van der Waals surface area contributed by atoms with Crippen molar-refractivity contribution in [1.82, 2.24) is 15.0 Å². The maximum atomic E-state index is 5.15. The molecule has 0 bridgehead atoms. The monoisotopic (exact) mass is 273 g/mol. The van der Waals surface area contributed by atoms with Crippen molar-refractivity contribution in [3.05, 3.63) is 41.7 Å². The van der Waals surface area contributed by atoms with Crippen molar-refractivity contribution in [1.29, 1.82) is 0 Å². The summed E-state index contributed by atoms with van der Waals surface area (Å²) >= 11 is 0. The van der Waals surface area contributed by atoms with E-state index in [9.17, 15) is 0 Å². The van der Waals surface area contributed by atoms with E-state index in [1.54, 1.807) is 7.11 Å². The van der Waals surface area contributed by atoms with Crippen LogP contribution in [0.2, 0.25) is 0 Å². The molecular weight excluding hydrogens is 250 g/mol. The molecule has 1 aromatic heterocycles. The van der Waals surface area contributed by atoms with Crippen LogP contribution in [0.5, 0.6) is 5.75 Å². The summed E-state index contributed by atoms with van der Waals surface area (Å²) in [5.74, 6) is 0.879. The lowest BCUT2D eigenvalue weighted by Gasteiger charge is -2.03. The summed E-state index contributed by atoms with van der Waals surface area (Å²) in [4.78, 5) is 0. The summed E-state index contributed by atoms with van der Waals surface area (Å²) in [6, 6.07) is 8.05. The standard InChI is InChI=1S/C16H23N3O/c1-3-4-5-6-7-15-13-19(18-17-15)12-14-8-10-16(20-2)11-9-14/h8-11,13H,3-7,12H2,1-2H3. The molecule has 4 heteroatoms. The molecule has 0 radical (unpaired) electrons. The highest BCUT2D eigenvalue weighted by Gasteiger charge is 2.02. The first-order valence-electron chi connectivity index (χ1n) is 7.33. The lowest BCUT2D eigenvalue weighted by molar-refractivity contribution is 0.414. The normalized spacial score (nSPS) is 10.7. The number of hydrogen-bond donors (Lipinski definition) is 0. The number of aryl methyl sites for hydroxylation is 1. The van der Waals surface area contributed by atoms with Crippen molar-refractivity contribution >= 4 is 0 Å². The van der Waals surface area contributed by atoms with Crippen molar-refractivity contribution in [2.45, 2.75) is 45.6 Å². The molecule has 20 heavy (non-hydrogen) atoms. The maximum absolute atomic E-state index is 5.15. The fourth-order valence-electron chi connectivity index (χ4n) is 2.18. The number of unbranched alkanes of at least 4 members (excludes halogenated alkanes) is 3. The van der Waals surface area contributed by atoms with Crippen LogP contribution < -0.4 is 4.74 Å². The molecule has 108 valence electrons. The lowest BCUT2D eigenvalue weighted by atomic mass is 10.1. The van der Waals surface area contributed by atoms with Gasteiger partial charge in [0.15, 0.2) is 0 Å². The van der Waals surface area contributed by atoms with Crippen LogP contribution >= 0.6 is 0 Å². The Labute approximate surface area is 120 Å². The molecule has 0 fully saturated rings. The van der Waals surface area contributed by atoms with E-state index in [2.05, 4.69) is 35.6 Å². The van der Waals surface area contributed by atoms with Crippen LogP contribution in [-0.2, 0) is 13.0 Å². The van der Waals surface area contributed by atoms with Crippen LogP contribution in [0.3, 0.4) is 0 Å². The Balaban J connectivity index is 1.85. The predicted molar refractivity (Wildman–Crippen MR) is 80.0 cm³/mol. The first-order valence-corrected chi connectivity index (χ1v) is 7.33. The average Bonchev–Trinajstić information content (AvgIpc) is 2.92. The second kappa shape index (κ2) is 7.68. The van der Waals surface area contributed by atoms with E-state index in [1.807, 2.05) is 16.8 Å². The van der Waals surface area contributed by atoms with E-state index in [0.717, 1.165) is 24.4 Å². The van der Waals surface area contributed by atoms with Crippen molar-refractivity contribution in [2.75, 3.05) is 7.11 Å². The minimum Gasteiger partial charge on any atom is -0.497 e. The zero-order valence-corrected chi connectivity index (χ0v) is 12.4. The summed E-state index contributed by atoms with van der Waals surface area (Å²) in [6.07, 6.45) is 8.14. The van der Waals surface area contributed by atoms with Gasteiger partial charge in [0.05, 0.1) is 19.3 Å². The number of rotatable bonds is 8. The van der Waals surface area contributed by atoms with E-state index < -0.39 is 0 Å². The Kier molecular flexibility index (Phi) is 5.59. The molecule has 0 N–H and O–H groups in total. The minimum absolute atomic E-state index is 0.756. The molecular formula is C16H23N3O. The first-order chi connectivity index (χ1) is 9.81. The number of hydrogen-bond acceptors (Lipinski definition) is 3. The molecule has 0 aliphatic rings. The van der Waals surface area contributed by atoms with Gasteiger partial charge in [0.25, 0.3) is 0 Å². The number of methoxy groups -OCH3 is 1. The Bertz CT molecular complexity index is 505. The summed E-state index contributed by atoms with van der Waals surface area (Å²) in [5.41, 5.74) is 2.29. The average molecular weight is 273 g/mol. The molecule has 0 spiro atoms. The van der Waals surface area contributed by atoms with Crippen LogP contribution in [-0.4, -0.2) is 22.1 Å². The van der Waals surface area contributed by atoms with Crippen molar-refractivity contribution in [3.8, 4) is 5.75 Å². The number of aromatic nitrogens is 3.